The minimum Gasteiger partial charge on any atom is -0.481 e. The highest BCUT2D eigenvalue weighted by molar-refractivity contribution is 5.95. The third kappa shape index (κ3) is 2.97. The Hall–Kier alpha value is -2.83. The van der Waals surface area contributed by atoms with E-state index in [1.807, 2.05) is 12.1 Å². The molecule has 1 aromatic heterocycles. The van der Waals surface area contributed by atoms with Gasteiger partial charge in [-0.25, -0.2) is 4.79 Å². The van der Waals surface area contributed by atoms with Crippen molar-refractivity contribution in [3.05, 3.63) is 35.4 Å². The first kappa shape index (κ1) is 16.0. The average Bonchev–Trinajstić information content (AvgIpc) is 2.61. The largest absolute Gasteiger partial charge is 0.481 e. The lowest BCUT2D eigenvalue weighted by atomic mass is 9.90. The first-order valence-corrected chi connectivity index (χ1v) is 7.61. The van der Waals surface area contributed by atoms with Crippen molar-refractivity contribution in [1.82, 2.24) is 9.97 Å². The lowest BCUT2D eigenvalue weighted by Crippen LogP contribution is -2.22. The van der Waals surface area contributed by atoms with Gasteiger partial charge in [0.2, 0.25) is 11.8 Å². The van der Waals surface area contributed by atoms with Gasteiger partial charge in [-0.05, 0) is 18.1 Å². The number of carbonyl (C=O) groups excluding carboxylic acids is 1. The van der Waals surface area contributed by atoms with Crippen LogP contribution in [0.4, 0.5) is 0 Å². The first-order chi connectivity index (χ1) is 11.7. The Morgan fingerprint density at radius 2 is 1.92 bits per heavy atom. The van der Waals surface area contributed by atoms with Crippen LogP contribution in [0.15, 0.2) is 24.3 Å². The second kappa shape index (κ2) is 6.74. The summed E-state index contributed by atoms with van der Waals surface area (Å²) in [5.41, 5.74) is 1.34. The summed E-state index contributed by atoms with van der Waals surface area (Å²) in [6, 6.07) is 7.02. The van der Waals surface area contributed by atoms with Gasteiger partial charge in [-0.2, -0.15) is 9.97 Å². The molecule has 0 radical (unpaired) electrons. The fraction of sp³-hybridized carbons (Fsp3) is 0.353. The van der Waals surface area contributed by atoms with Gasteiger partial charge in [0.1, 0.15) is 11.3 Å². The van der Waals surface area contributed by atoms with Gasteiger partial charge >= 0.3 is 12.0 Å². The Morgan fingerprint density at radius 1 is 1.21 bits per heavy atom. The zero-order chi connectivity index (χ0) is 17.1. The number of aromatic nitrogens is 2. The molecule has 1 aliphatic heterocycles. The van der Waals surface area contributed by atoms with Crippen molar-refractivity contribution in [2.75, 3.05) is 20.8 Å². The fourth-order valence-electron chi connectivity index (χ4n) is 2.60. The molecule has 0 spiro atoms. The third-order valence-electron chi connectivity index (χ3n) is 3.89. The highest BCUT2D eigenvalue weighted by Crippen LogP contribution is 2.36. The molecular weight excluding hydrogens is 312 g/mol. The molecule has 2 heterocycles. The highest BCUT2D eigenvalue weighted by atomic mass is 16.5. The predicted molar refractivity (Wildman–Crippen MR) is 85.0 cm³/mol. The van der Waals surface area contributed by atoms with Crippen LogP contribution in [0.3, 0.4) is 0 Å². The van der Waals surface area contributed by atoms with Crippen LogP contribution in [-0.4, -0.2) is 36.8 Å². The van der Waals surface area contributed by atoms with Crippen molar-refractivity contribution < 1.29 is 23.7 Å². The Morgan fingerprint density at radius 3 is 2.54 bits per heavy atom. The third-order valence-corrected chi connectivity index (χ3v) is 3.89. The van der Waals surface area contributed by atoms with Crippen LogP contribution in [0.5, 0.6) is 23.5 Å². The Bertz CT molecular complexity index is 740. The van der Waals surface area contributed by atoms with Crippen molar-refractivity contribution in [1.29, 1.82) is 0 Å². The monoisotopic (exact) mass is 330 g/mol. The molecule has 1 aromatic carbocycles. The van der Waals surface area contributed by atoms with E-state index in [1.165, 1.54) is 20.3 Å². The number of nitrogens with zero attached hydrogens (tertiary/aromatic N) is 2. The summed E-state index contributed by atoms with van der Waals surface area (Å²) in [7, 11) is 2.97. The van der Waals surface area contributed by atoms with E-state index in [4.69, 9.17) is 18.9 Å². The fourth-order valence-corrected chi connectivity index (χ4v) is 2.60. The van der Waals surface area contributed by atoms with Crippen LogP contribution < -0.4 is 14.2 Å². The molecule has 7 nitrogen and oxygen atoms in total. The minimum absolute atomic E-state index is 0.0334. The topological polar surface area (TPSA) is 79.8 Å². The van der Waals surface area contributed by atoms with E-state index in [0.717, 1.165) is 12.0 Å². The maximum absolute atomic E-state index is 12.2. The summed E-state index contributed by atoms with van der Waals surface area (Å²) in [6.45, 7) is 2.44. The van der Waals surface area contributed by atoms with Crippen molar-refractivity contribution in [3.63, 3.8) is 0 Å². The van der Waals surface area contributed by atoms with Crippen LogP contribution in [0.25, 0.3) is 0 Å². The first-order valence-electron chi connectivity index (χ1n) is 7.61. The number of esters is 1. The van der Waals surface area contributed by atoms with Gasteiger partial charge in [0.25, 0.3) is 0 Å². The number of hydrogen-bond acceptors (Lipinski definition) is 7. The quantitative estimate of drug-likeness (QED) is 0.780. The van der Waals surface area contributed by atoms with E-state index >= 15 is 0 Å². The van der Waals surface area contributed by atoms with Crippen LogP contribution in [0.1, 0.15) is 35.2 Å². The molecule has 0 aliphatic carbocycles. The van der Waals surface area contributed by atoms with E-state index in [0.29, 0.717) is 29.7 Å². The summed E-state index contributed by atoms with van der Waals surface area (Å²) in [5.74, 6) is 0.708. The summed E-state index contributed by atoms with van der Waals surface area (Å²) in [4.78, 5) is 20.5. The van der Waals surface area contributed by atoms with Gasteiger partial charge in [0.05, 0.1) is 26.9 Å². The molecule has 2 aromatic rings. The minimum atomic E-state index is -0.403. The molecule has 126 valence electrons. The number of cyclic esters (lactones) is 1. The van der Waals surface area contributed by atoms with Gasteiger partial charge in [-0.15, -0.1) is 0 Å². The summed E-state index contributed by atoms with van der Waals surface area (Å²) < 4.78 is 21.2. The summed E-state index contributed by atoms with van der Waals surface area (Å²) >= 11 is 0. The van der Waals surface area contributed by atoms with E-state index in [9.17, 15) is 4.79 Å². The second-order valence-electron chi connectivity index (χ2n) is 5.26. The molecule has 0 bridgehead atoms. The smallest absolute Gasteiger partial charge is 0.342 e. The molecule has 0 fully saturated rings. The van der Waals surface area contributed by atoms with E-state index in [1.54, 1.807) is 6.07 Å². The molecule has 7 heteroatoms. The predicted octanol–water partition coefficient (Wildman–Crippen LogP) is 2.95. The van der Waals surface area contributed by atoms with Crippen molar-refractivity contribution in [2.24, 2.45) is 0 Å². The van der Waals surface area contributed by atoms with Gasteiger partial charge in [0.15, 0.2) is 0 Å². The molecule has 0 amide bonds. The van der Waals surface area contributed by atoms with Crippen molar-refractivity contribution in [3.8, 4) is 23.5 Å². The number of benzene rings is 1. The number of rotatable bonds is 5. The average molecular weight is 330 g/mol. The Kier molecular flexibility index (Phi) is 4.50. The Labute approximate surface area is 139 Å². The van der Waals surface area contributed by atoms with E-state index < -0.39 is 5.97 Å². The van der Waals surface area contributed by atoms with E-state index in [2.05, 4.69) is 16.9 Å². The van der Waals surface area contributed by atoms with Gasteiger partial charge in [0, 0.05) is 5.92 Å². The van der Waals surface area contributed by atoms with Crippen LogP contribution in [-0.2, 0) is 4.74 Å². The van der Waals surface area contributed by atoms with Crippen LogP contribution in [0, 0.1) is 0 Å². The lowest BCUT2D eigenvalue weighted by molar-refractivity contribution is 0.0434. The number of fused-ring (bicyclic) bond motifs is 1. The second-order valence-corrected chi connectivity index (χ2v) is 5.26. The highest BCUT2D eigenvalue weighted by Gasteiger charge is 2.29. The van der Waals surface area contributed by atoms with Gasteiger partial charge in [-0.1, -0.05) is 19.1 Å². The molecular formula is C17H18N2O5. The molecule has 1 aliphatic rings. The van der Waals surface area contributed by atoms with Crippen LogP contribution >= 0.6 is 0 Å². The maximum atomic E-state index is 12.2. The SMILES string of the molecule is CCC1COC(=O)c2c(Oc3nc(OC)cc(OC)n3)cccc21. The van der Waals surface area contributed by atoms with Gasteiger partial charge < -0.3 is 18.9 Å². The zero-order valence-corrected chi connectivity index (χ0v) is 13.7. The normalized spacial score (nSPS) is 16.1. The number of hydrogen-bond donors (Lipinski definition) is 0. The summed E-state index contributed by atoms with van der Waals surface area (Å²) in [5, 5.41) is 0. The molecule has 0 saturated carbocycles. The number of ether oxygens (including phenoxy) is 4. The van der Waals surface area contributed by atoms with Crippen molar-refractivity contribution in [2.45, 2.75) is 19.3 Å². The van der Waals surface area contributed by atoms with Crippen LogP contribution in [0.2, 0.25) is 0 Å². The molecule has 24 heavy (non-hydrogen) atoms. The number of methoxy groups -OCH3 is 2. The zero-order valence-electron chi connectivity index (χ0n) is 13.7. The lowest BCUT2D eigenvalue weighted by Gasteiger charge is -2.25. The Balaban J connectivity index is 2.01. The maximum Gasteiger partial charge on any atom is 0.342 e. The molecule has 0 saturated heterocycles. The van der Waals surface area contributed by atoms with E-state index in [-0.39, 0.29) is 11.9 Å². The summed E-state index contributed by atoms with van der Waals surface area (Å²) in [6.07, 6.45) is 0.868. The number of carbonyl (C=O) groups is 1. The molecule has 1 unspecified atom stereocenters. The van der Waals surface area contributed by atoms with Crippen molar-refractivity contribution >= 4 is 5.97 Å². The van der Waals surface area contributed by atoms with Gasteiger partial charge in [-0.3, -0.25) is 0 Å². The standard InChI is InChI=1S/C17H18N2O5/c1-4-10-9-23-16(20)15-11(10)6-5-7-12(15)24-17-18-13(21-2)8-14(19-17)22-3/h5-8,10H,4,9H2,1-3H3. The molecule has 0 N–H and O–H groups in total. The molecule has 1 atom stereocenters. The molecule has 3 rings (SSSR count).